The third kappa shape index (κ3) is 4.57. The van der Waals surface area contributed by atoms with Crippen molar-refractivity contribution in [1.82, 2.24) is 9.80 Å². The van der Waals surface area contributed by atoms with Gasteiger partial charge in [-0.3, -0.25) is 4.79 Å². The molecule has 0 bridgehead atoms. The molecule has 1 aromatic rings. The topological polar surface area (TPSA) is 23.6 Å². The molecule has 0 spiro atoms. The number of carbonyl (C=O) groups excluding carboxylic acids is 1. The van der Waals surface area contributed by atoms with Crippen LogP contribution in [-0.4, -0.2) is 48.4 Å². The Morgan fingerprint density at radius 2 is 1.82 bits per heavy atom. The van der Waals surface area contributed by atoms with Crippen LogP contribution in [-0.2, 0) is 0 Å². The van der Waals surface area contributed by atoms with E-state index < -0.39 is 0 Å². The van der Waals surface area contributed by atoms with Gasteiger partial charge in [0.1, 0.15) is 0 Å². The number of hydrogen-bond acceptors (Lipinski definition) is 2. The Balaban J connectivity index is 1.85. The highest BCUT2D eigenvalue weighted by molar-refractivity contribution is 5.94. The van der Waals surface area contributed by atoms with Gasteiger partial charge < -0.3 is 9.80 Å². The van der Waals surface area contributed by atoms with Crippen molar-refractivity contribution in [3.63, 3.8) is 0 Å². The SMILES string of the molecule is Cc1ccc(C(=O)N(C)C2CCN(CCC(C)C)CC2)cc1. The summed E-state index contributed by atoms with van der Waals surface area (Å²) in [6.45, 7) is 10.0. The van der Waals surface area contributed by atoms with E-state index in [1.54, 1.807) is 0 Å². The van der Waals surface area contributed by atoms with E-state index in [4.69, 9.17) is 0 Å². The Bertz CT molecular complexity index is 473. The van der Waals surface area contributed by atoms with Crippen LogP contribution in [0, 0.1) is 12.8 Å². The number of nitrogens with zero attached hydrogens (tertiary/aromatic N) is 2. The van der Waals surface area contributed by atoms with Gasteiger partial charge in [0.25, 0.3) is 5.91 Å². The molecule has 0 aromatic heterocycles. The quantitative estimate of drug-likeness (QED) is 0.830. The third-order valence-electron chi connectivity index (χ3n) is 4.75. The molecule has 122 valence electrons. The second-order valence-electron chi connectivity index (χ2n) is 7.04. The molecule has 2 rings (SSSR count). The molecule has 1 fully saturated rings. The van der Waals surface area contributed by atoms with Gasteiger partial charge in [0.2, 0.25) is 0 Å². The van der Waals surface area contributed by atoms with Crippen LogP contribution >= 0.6 is 0 Å². The lowest BCUT2D eigenvalue weighted by Crippen LogP contribution is -2.45. The summed E-state index contributed by atoms with van der Waals surface area (Å²) < 4.78 is 0. The maximum Gasteiger partial charge on any atom is 0.253 e. The summed E-state index contributed by atoms with van der Waals surface area (Å²) in [4.78, 5) is 17.1. The van der Waals surface area contributed by atoms with Gasteiger partial charge in [0.05, 0.1) is 0 Å². The van der Waals surface area contributed by atoms with E-state index in [0.717, 1.165) is 37.4 Å². The van der Waals surface area contributed by atoms with E-state index in [-0.39, 0.29) is 5.91 Å². The van der Waals surface area contributed by atoms with E-state index in [2.05, 4.69) is 18.7 Å². The number of rotatable bonds is 5. The van der Waals surface area contributed by atoms with Crippen LogP contribution < -0.4 is 0 Å². The fourth-order valence-corrected chi connectivity index (χ4v) is 3.04. The van der Waals surface area contributed by atoms with Crippen LogP contribution in [0.3, 0.4) is 0 Å². The minimum atomic E-state index is 0.153. The summed E-state index contributed by atoms with van der Waals surface area (Å²) in [7, 11) is 1.95. The molecule has 0 unspecified atom stereocenters. The number of piperidine rings is 1. The summed E-state index contributed by atoms with van der Waals surface area (Å²) in [5.74, 6) is 0.921. The highest BCUT2D eigenvalue weighted by Gasteiger charge is 2.25. The highest BCUT2D eigenvalue weighted by atomic mass is 16.2. The molecule has 1 aromatic carbocycles. The zero-order valence-corrected chi connectivity index (χ0v) is 14.5. The van der Waals surface area contributed by atoms with Gasteiger partial charge in [0.15, 0.2) is 0 Å². The second kappa shape index (κ2) is 7.77. The Morgan fingerprint density at radius 3 is 2.36 bits per heavy atom. The number of aryl methyl sites for hydroxylation is 1. The largest absolute Gasteiger partial charge is 0.339 e. The molecule has 1 heterocycles. The fourth-order valence-electron chi connectivity index (χ4n) is 3.04. The van der Waals surface area contributed by atoms with Crippen LogP contribution in [0.2, 0.25) is 0 Å². The monoisotopic (exact) mass is 302 g/mol. The van der Waals surface area contributed by atoms with Gasteiger partial charge >= 0.3 is 0 Å². The predicted molar refractivity (Wildman–Crippen MR) is 92.2 cm³/mol. The summed E-state index contributed by atoms with van der Waals surface area (Å²) in [5, 5.41) is 0. The first-order valence-electron chi connectivity index (χ1n) is 8.53. The van der Waals surface area contributed by atoms with Crippen LogP contribution in [0.25, 0.3) is 0 Å². The number of likely N-dealkylation sites (tertiary alicyclic amines) is 1. The minimum Gasteiger partial charge on any atom is -0.339 e. The fraction of sp³-hybridized carbons (Fsp3) is 0.632. The molecule has 0 N–H and O–H groups in total. The van der Waals surface area contributed by atoms with Crippen LogP contribution in [0.15, 0.2) is 24.3 Å². The predicted octanol–water partition coefficient (Wildman–Crippen LogP) is 3.58. The first kappa shape index (κ1) is 17.0. The van der Waals surface area contributed by atoms with Gasteiger partial charge in [-0.2, -0.15) is 0 Å². The van der Waals surface area contributed by atoms with Crippen molar-refractivity contribution < 1.29 is 4.79 Å². The number of benzene rings is 1. The van der Waals surface area contributed by atoms with Crippen molar-refractivity contribution in [3.8, 4) is 0 Å². The Labute approximate surface area is 135 Å². The van der Waals surface area contributed by atoms with Gasteiger partial charge in [-0.1, -0.05) is 31.5 Å². The summed E-state index contributed by atoms with van der Waals surface area (Å²) in [5.41, 5.74) is 1.99. The molecule has 1 aliphatic rings. The Hall–Kier alpha value is -1.35. The highest BCUT2D eigenvalue weighted by Crippen LogP contribution is 2.18. The molecule has 1 aliphatic heterocycles. The van der Waals surface area contributed by atoms with E-state index in [1.807, 2.05) is 43.1 Å². The molecule has 0 saturated carbocycles. The lowest BCUT2D eigenvalue weighted by Gasteiger charge is -2.37. The van der Waals surface area contributed by atoms with E-state index in [1.165, 1.54) is 18.5 Å². The summed E-state index contributed by atoms with van der Waals surface area (Å²) >= 11 is 0. The standard InChI is InChI=1S/C19H30N2O/c1-15(2)9-12-21-13-10-18(11-14-21)20(4)19(22)17-7-5-16(3)6-8-17/h5-8,15,18H,9-14H2,1-4H3. The molecule has 3 nitrogen and oxygen atoms in total. The number of carbonyl (C=O) groups is 1. The van der Waals surface area contributed by atoms with Gasteiger partial charge in [-0.25, -0.2) is 0 Å². The molecule has 0 radical (unpaired) electrons. The lowest BCUT2D eigenvalue weighted by molar-refractivity contribution is 0.0639. The van der Waals surface area contributed by atoms with Crippen LogP contribution in [0.1, 0.15) is 49.0 Å². The van der Waals surface area contributed by atoms with E-state index >= 15 is 0 Å². The maximum absolute atomic E-state index is 12.6. The van der Waals surface area contributed by atoms with Gasteiger partial charge in [0, 0.05) is 31.7 Å². The average Bonchev–Trinajstić information content (AvgIpc) is 2.53. The number of amides is 1. The van der Waals surface area contributed by atoms with Gasteiger partial charge in [-0.05, 0) is 50.8 Å². The zero-order chi connectivity index (χ0) is 16.1. The molecule has 0 atom stereocenters. The lowest BCUT2D eigenvalue weighted by atomic mass is 10.0. The molecule has 0 aliphatic carbocycles. The van der Waals surface area contributed by atoms with Crippen molar-refractivity contribution in [3.05, 3.63) is 35.4 Å². The molecule has 1 saturated heterocycles. The van der Waals surface area contributed by atoms with Crippen molar-refractivity contribution in [2.45, 2.75) is 46.1 Å². The molecular weight excluding hydrogens is 272 g/mol. The molecule has 1 amide bonds. The van der Waals surface area contributed by atoms with Crippen molar-refractivity contribution in [2.75, 3.05) is 26.7 Å². The summed E-state index contributed by atoms with van der Waals surface area (Å²) in [6.07, 6.45) is 3.45. The molecule has 22 heavy (non-hydrogen) atoms. The third-order valence-corrected chi connectivity index (χ3v) is 4.75. The number of hydrogen-bond donors (Lipinski definition) is 0. The van der Waals surface area contributed by atoms with Crippen LogP contribution in [0.5, 0.6) is 0 Å². The first-order valence-corrected chi connectivity index (χ1v) is 8.53. The maximum atomic E-state index is 12.6. The van der Waals surface area contributed by atoms with Crippen molar-refractivity contribution in [2.24, 2.45) is 5.92 Å². The minimum absolute atomic E-state index is 0.153. The van der Waals surface area contributed by atoms with Crippen molar-refractivity contribution >= 4 is 5.91 Å². The molecule has 3 heteroatoms. The summed E-state index contributed by atoms with van der Waals surface area (Å²) in [6, 6.07) is 8.27. The molecular formula is C19H30N2O. The normalized spacial score (nSPS) is 17.0. The smallest absolute Gasteiger partial charge is 0.253 e. The zero-order valence-electron chi connectivity index (χ0n) is 14.5. The first-order chi connectivity index (χ1) is 10.5. The Kier molecular flexibility index (Phi) is 6.01. The van der Waals surface area contributed by atoms with E-state index in [9.17, 15) is 4.79 Å². The van der Waals surface area contributed by atoms with Gasteiger partial charge in [-0.15, -0.1) is 0 Å². The van der Waals surface area contributed by atoms with Crippen LogP contribution in [0.4, 0.5) is 0 Å². The second-order valence-corrected chi connectivity index (χ2v) is 7.04. The van der Waals surface area contributed by atoms with Crippen molar-refractivity contribution in [1.29, 1.82) is 0 Å². The average molecular weight is 302 g/mol. The van der Waals surface area contributed by atoms with E-state index in [0.29, 0.717) is 6.04 Å². The Morgan fingerprint density at radius 1 is 1.23 bits per heavy atom.